The van der Waals surface area contributed by atoms with Gasteiger partial charge in [-0.15, -0.1) is 0 Å². The molecular weight excluding hydrogens is 371 g/mol. The van der Waals surface area contributed by atoms with Crippen molar-refractivity contribution in [2.75, 3.05) is 33.7 Å². The quantitative estimate of drug-likeness (QED) is 0.767. The maximum atomic E-state index is 12.8. The summed E-state index contributed by atoms with van der Waals surface area (Å²) in [5, 5.41) is 2.91. The van der Waals surface area contributed by atoms with Gasteiger partial charge in [-0.05, 0) is 37.2 Å². The van der Waals surface area contributed by atoms with Crippen LogP contribution in [0.15, 0.2) is 24.3 Å². The number of carbonyl (C=O) groups is 2. The van der Waals surface area contributed by atoms with Crippen LogP contribution >= 0.6 is 0 Å². The molecule has 1 aromatic carbocycles. The summed E-state index contributed by atoms with van der Waals surface area (Å²) in [6.45, 7) is 5.68. The van der Waals surface area contributed by atoms with E-state index in [0.29, 0.717) is 12.1 Å². The van der Waals surface area contributed by atoms with E-state index in [0.717, 1.165) is 18.7 Å². The number of halogens is 3. The van der Waals surface area contributed by atoms with Crippen molar-refractivity contribution >= 4 is 11.8 Å². The van der Waals surface area contributed by atoms with E-state index < -0.39 is 17.7 Å². The van der Waals surface area contributed by atoms with Gasteiger partial charge in [0.05, 0.1) is 11.5 Å². The third-order valence-electron chi connectivity index (χ3n) is 4.70. The van der Waals surface area contributed by atoms with Gasteiger partial charge in [0.2, 0.25) is 11.8 Å². The average Bonchev–Trinajstić information content (AvgIpc) is 2.92. The third kappa shape index (κ3) is 6.22. The van der Waals surface area contributed by atoms with Gasteiger partial charge in [0.25, 0.3) is 0 Å². The van der Waals surface area contributed by atoms with Crippen molar-refractivity contribution in [3.05, 3.63) is 35.4 Å². The van der Waals surface area contributed by atoms with Crippen molar-refractivity contribution in [3.63, 3.8) is 0 Å². The first-order valence-corrected chi connectivity index (χ1v) is 9.24. The number of likely N-dealkylation sites (tertiary alicyclic amines) is 1. The van der Waals surface area contributed by atoms with Gasteiger partial charge >= 0.3 is 6.18 Å². The van der Waals surface area contributed by atoms with E-state index in [4.69, 9.17) is 0 Å². The zero-order valence-corrected chi connectivity index (χ0v) is 16.8. The minimum Gasteiger partial charge on any atom is -0.355 e. The van der Waals surface area contributed by atoms with Crippen LogP contribution in [0.5, 0.6) is 0 Å². The first kappa shape index (κ1) is 22.2. The summed E-state index contributed by atoms with van der Waals surface area (Å²) in [7, 11) is 3.93. The summed E-state index contributed by atoms with van der Waals surface area (Å²) in [6, 6.07) is 4.93. The van der Waals surface area contributed by atoms with E-state index >= 15 is 0 Å². The molecule has 0 aliphatic carbocycles. The van der Waals surface area contributed by atoms with Crippen LogP contribution < -0.4 is 5.32 Å². The van der Waals surface area contributed by atoms with Gasteiger partial charge in [0.1, 0.15) is 0 Å². The van der Waals surface area contributed by atoms with E-state index in [-0.39, 0.29) is 36.7 Å². The van der Waals surface area contributed by atoms with Crippen molar-refractivity contribution in [1.82, 2.24) is 15.1 Å². The summed E-state index contributed by atoms with van der Waals surface area (Å²) in [4.78, 5) is 28.2. The zero-order chi connectivity index (χ0) is 21.1. The van der Waals surface area contributed by atoms with Crippen LogP contribution in [0.1, 0.15) is 31.4 Å². The number of hydrogen-bond acceptors (Lipinski definition) is 3. The number of nitrogens with one attached hydrogen (secondary N) is 1. The van der Waals surface area contributed by atoms with E-state index in [1.807, 2.05) is 32.8 Å². The van der Waals surface area contributed by atoms with Gasteiger partial charge in [-0.1, -0.05) is 26.0 Å². The molecule has 1 N–H and O–H groups in total. The first-order valence-electron chi connectivity index (χ1n) is 9.24. The molecule has 28 heavy (non-hydrogen) atoms. The number of carbonyl (C=O) groups excluding carboxylic acids is 2. The van der Waals surface area contributed by atoms with Crippen LogP contribution in [0.3, 0.4) is 0 Å². The molecule has 2 rings (SSSR count). The lowest BCUT2D eigenvalue weighted by Gasteiger charge is -2.29. The lowest BCUT2D eigenvalue weighted by molar-refractivity contribution is -0.137. The second kappa shape index (κ2) is 8.51. The SMILES string of the molecule is CN(C)CC(C)(C)CNC(=O)[C@H]1CC(=O)N(Cc2cccc(C(F)(F)F)c2)C1. The molecule has 0 radical (unpaired) electrons. The molecule has 1 heterocycles. The molecule has 2 amide bonds. The highest BCUT2D eigenvalue weighted by Crippen LogP contribution is 2.30. The normalized spacial score (nSPS) is 18.1. The number of benzene rings is 1. The Balaban J connectivity index is 1.94. The van der Waals surface area contributed by atoms with Crippen LogP contribution in [-0.4, -0.2) is 55.3 Å². The maximum Gasteiger partial charge on any atom is 0.416 e. The molecule has 1 aliphatic rings. The summed E-state index contributed by atoms with van der Waals surface area (Å²) in [6.07, 6.45) is -4.34. The van der Waals surface area contributed by atoms with Gasteiger partial charge in [-0.3, -0.25) is 9.59 Å². The Morgan fingerprint density at radius 2 is 1.96 bits per heavy atom. The van der Waals surface area contributed by atoms with Gasteiger partial charge in [-0.2, -0.15) is 13.2 Å². The number of hydrogen-bond donors (Lipinski definition) is 1. The van der Waals surface area contributed by atoms with Crippen molar-refractivity contribution in [2.24, 2.45) is 11.3 Å². The topological polar surface area (TPSA) is 52.7 Å². The smallest absolute Gasteiger partial charge is 0.355 e. The molecule has 0 saturated carbocycles. The predicted octanol–water partition coefficient (Wildman–Crippen LogP) is 2.76. The standard InChI is InChI=1S/C20H28F3N3O2/c1-19(2,13-25(3)4)12-24-18(28)15-9-17(27)26(11-15)10-14-6-5-7-16(8-14)20(21,22)23/h5-8,15H,9-13H2,1-4H3,(H,24,28)/t15-/m0/s1. The fraction of sp³-hybridized carbons (Fsp3) is 0.600. The molecule has 8 heteroatoms. The number of nitrogens with zero attached hydrogens (tertiary/aromatic N) is 2. The second-order valence-corrected chi connectivity index (χ2v) is 8.49. The Morgan fingerprint density at radius 1 is 1.29 bits per heavy atom. The highest BCUT2D eigenvalue weighted by molar-refractivity contribution is 5.89. The Bertz CT molecular complexity index is 717. The fourth-order valence-corrected chi connectivity index (χ4v) is 3.55. The highest BCUT2D eigenvalue weighted by Gasteiger charge is 2.35. The lowest BCUT2D eigenvalue weighted by Crippen LogP contribution is -2.42. The van der Waals surface area contributed by atoms with Crippen molar-refractivity contribution in [2.45, 2.75) is 33.0 Å². The van der Waals surface area contributed by atoms with Crippen LogP contribution in [0.4, 0.5) is 13.2 Å². The van der Waals surface area contributed by atoms with Crippen molar-refractivity contribution < 1.29 is 22.8 Å². The van der Waals surface area contributed by atoms with Crippen LogP contribution in [-0.2, 0) is 22.3 Å². The summed E-state index contributed by atoms with van der Waals surface area (Å²) < 4.78 is 38.5. The Kier molecular flexibility index (Phi) is 6.75. The number of rotatable bonds is 7. The predicted molar refractivity (Wildman–Crippen MR) is 100 cm³/mol. The summed E-state index contributed by atoms with van der Waals surface area (Å²) in [5.41, 5.74) is -0.454. The number of alkyl halides is 3. The largest absolute Gasteiger partial charge is 0.416 e. The Labute approximate surface area is 163 Å². The highest BCUT2D eigenvalue weighted by atomic mass is 19.4. The average molecular weight is 399 g/mol. The summed E-state index contributed by atoms with van der Waals surface area (Å²) >= 11 is 0. The van der Waals surface area contributed by atoms with Gasteiger partial charge < -0.3 is 15.1 Å². The molecule has 1 atom stereocenters. The van der Waals surface area contributed by atoms with Crippen LogP contribution in [0.2, 0.25) is 0 Å². The van der Waals surface area contributed by atoms with E-state index in [1.165, 1.54) is 11.0 Å². The van der Waals surface area contributed by atoms with Gasteiger partial charge in [0, 0.05) is 32.6 Å². The van der Waals surface area contributed by atoms with E-state index in [1.54, 1.807) is 6.07 Å². The monoisotopic (exact) mass is 399 g/mol. The molecule has 1 fully saturated rings. The molecular formula is C20H28F3N3O2. The van der Waals surface area contributed by atoms with Crippen LogP contribution in [0, 0.1) is 11.3 Å². The number of amides is 2. The Hall–Kier alpha value is -2.09. The molecule has 5 nitrogen and oxygen atoms in total. The second-order valence-electron chi connectivity index (χ2n) is 8.49. The minimum absolute atomic E-state index is 0.0681. The molecule has 156 valence electrons. The lowest BCUT2D eigenvalue weighted by atomic mass is 9.92. The molecule has 0 aromatic heterocycles. The van der Waals surface area contributed by atoms with E-state index in [2.05, 4.69) is 5.32 Å². The van der Waals surface area contributed by atoms with Crippen molar-refractivity contribution in [3.8, 4) is 0 Å². The molecule has 0 unspecified atom stereocenters. The Morgan fingerprint density at radius 3 is 2.57 bits per heavy atom. The van der Waals surface area contributed by atoms with Crippen molar-refractivity contribution in [1.29, 1.82) is 0 Å². The van der Waals surface area contributed by atoms with E-state index in [9.17, 15) is 22.8 Å². The maximum absolute atomic E-state index is 12.8. The molecule has 1 aromatic rings. The van der Waals surface area contributed by atoms with Gasteiger partial charge in [-0.25, -0.2) is 0 Å². The minimum atomic E-state index is -4.42. The van der Waals surface area contributed by atoms with Gasteiger partial charge in [0.15, 0.2) is 0 Å². The molecule has 1 aliphatic heterocycles. The third-order valence-corrected chi connectivity index (χ3v) is 4.70. The molecule has 0 bridgehead atoms. The molecule has 0 spiro atoms. The molecule has 1 saturated heterocycles. The zero-order valence-electron chi connectivity index (χ0n) is 16.8. The summed E-state index contributed by atoms with van der Waals surface area (Å²) in [5.74, 6) is -0.884. The fourth-order valence-electron chi connectivity index (χ4n) is 3.55. The van der Waals surface area contributed by atoms with Crippen LogP contribution in [0.25, 0.3) is 0 Å². The first-order chi connectivity index (χ1) is 12.9.